The van der Waals surface area contributed by atoms with Gasteiger partial charge >= 0.3 is 0 Å². The van der Waals surface area contributed by atoms with E-state index in [1.807, 2.05) is 0 Å². The first-order valence-electron chi connectivity index (χ1n) is 6.02. The number of hydrogen-bond donors (Lipinski definition) is 2. The van der Waals surface area contributed by atoms with Crippen LogP contribution in [0.3, 0.4) is 0 Å². The predicted octanol–water partition coefficient (Wildman–Crippen LogP) is 1.22. The largest absolute Gasteiger partial charge is 0.381 e. The molecule has 1 saturated heterocycles. The fourth-order valence-corrected chi connectivity index (χ4v) is 2.42. The van der Waals surface area contributed by atoms with Crippen LogP contribution < -0.4 is 11.3 Å². The highest BCUT2D eigenvalue weighted by atomic mass is 16.5. The van der Waals surface area contributed by atoms with Crippen molar-refractivity contribution in [2.45, 2.75) is 44.6 Å². The summed E-state index contributed by atoms with van der Waals surface area (Å²) in [6, 6.07) is 0.491. The average molecular weight is 211 g/mol. The highest BCUT2D eigenvalue weighted by Gasteiger charge is 2.22. The number of nitrogens with zero attached hydrogens (tertiary/aromatic N) is 1. The molecule has 86 valence electrons. The molecule has 4 nitrogen and oxygen atoms in total. The minimum absolute atomic E-state index is 0.400. The molecule has 2 rings (SSSR count). The highest BCUT2D eigenvalue weighted by Crippen LogP contribution is 2.22. The van der Waals surface area contributed by atoms with Gasteiger partial charge in [-0.2, -0.15) is 0 Å². The summed E-state index contributed by atoms with van der Waals surface area (Å²) in [5, 5.41) is 0. The minimum Gasteiger partial charge on any atom is -0.381 e. The van der Waals surface area contributed by atoms with Gasteiger partial charge in [-0.25, -0.2) is 5.84 Å². The van der Waals surface area contributed by atoms with Crippen molar-refractivity contribution in [2.24, 2.45) is 16.8 Å². The molecule has 15 heavy (non-hydrogen) atoms. The number of rotatable bonds is 2. The third kappa shape index (κ3) is 2.92. The van der Waals surface area contributed by atoms with Gasteiger partial charge in [0, 0.05) is 12.5 Å². The van der Waals surface area contributed by atoms with E-state index in [2.05, 4.69) is 5.43 Å². The number of nitrogens with two attached hydrogens (primary N) is 1. The molecule has 1 unspecified atom stereocenters. The van der Waals surface area contributed by atoms with Crippen LogP contribution in [-0.2, 0) is 4.74 Å². The van der Waals surface area contributed by atoms with Gasteiger partial charge in [0.2, 0.25) is 0 Å². The van der Waals surface area contributed by atoms with Crippen molar-refractivity contribution in [3.8, 4) is 0 Å². The molecular weight excluding hydrogens is 190 g/mol. The number of aliphatic imine (C=N–C) groups is 1. The second-order valence-electron chi connectivity index (χ2n) is 4.51. The maximum atomic E-state index is 5.53. The first-order chi connectivity index (χ1) is 7.40. The van der Waals surface area contributed by atoms with Gasteiger partial charge in [0.15, 0.2) is 0 Å². The van der Waals surface area contributed by atoms with Gasteiger partial charge in [-0.1, -0.05) is 19.3 Å². The third-order valence-electron chi connectivity index (χ3n) is 3.36. The Balaban J connectivity index is 1.93. The summed E-state index contributed by atoms with van der Waals surface area (Å²) in [5.41, 5.74) is 2.76. The summed E-state index contributed by atoms with van der Waals surface area (Å²) in [6.45, 7) is 1.62. The molecule has 0 aromatic heterocycles. The van der Waals surface area contributed by atoms with Crippen molar-refractivity contribution in [3.05, 3.63) is 0 Å². The number of amidine groups is 1. The molecule has 2 fully saturated rings. The SMILES string of the molecule is NNC(=NC1CCCCC1)C1CCOC1. The molecule has 0 radical (unpaired) electrons. The summed E-state index contributed by atoms with van der Waals surface area (Å²) >= 11 is 0. The zero-order valence-electron chi connectivity index (χ0n) is 9.24. The van der Waals surface area contributed by atoms with E-state index >= 15 is 0 Å². The smallest absolute Gasteiger partial charge is 0.116 e. The summed E-state index contributed by atoms with van der Waals surface area (Å²) in [5.74, 6) is 6.89. The Morgan fingerprint density at radius 3 is 2.60 bits per heavy atom. The first-order valence-corrected chi connectivity index (χ1v) is 6.02. The van der Waals surface area contributed by atoms with Crippen LogP contribution in [0, 0.1) is 5.92 Å². The normalized spacial score (nSPS) is 29.4. The van der Waals surface area contributed by atoms with Crippen LogP contribution in [0.25, 0.3) is 0 Å². The Morgan fingerprint density at radius 2 is 2.00 bits per heavy atom. The monoisotopic (exact) mass is 211 g/mol. The van der Waals surface area contributed by atoms with Crippen LogP contribution in [-0.4, -0.2) is 25.1 Å². The van der Waals surface area contributed by atoms with E-state index in [4.69, 9.17) is 15.6 Å². The van der Waals surface area contributed by atoms with Crippen LogP contribution in [0.1, 0.15) is 38.5 Å². The molecule has 0 aromatic rings. The summed E-state index contributed by atoms with van der Waals surface area (Å²) in [6.07, 6.45) is 7.48. The van der Waals surface area contributed by atoms with Crippen molar-refractivity contribution in [2.75, 3.05) is 13.2 Å². The fourth-order valence-electron chi connectivity index (χ4n) is 2.42. The maximum absolute atomic E-state index is 5.53. The van der Waals surface area contributed by atoms with E-state index in [-0.39, 0.29) is 0 Å². The molecule has 2 aliphatic rings. The topological polar surface area (TPSA) is 59.6 Å². The van der Waals surface area contributed by atoms with Crippen LogP contribution >= 0.6 is 0 Å². The van der Waals surface area contributed by atoms with Gasteiger partial charge in [-0.15, -0.1) is 0 Å². The second kappa shape index (κ2) is 5.47. The van der Waals surface area contributed by atoms with E-state index in [0.717, 1.165) is 25.5 Å². The minimum atomic E-state index is 0.400. The number of hydrazine groups is 1. The lowest BCUT2D eigenvalue weighted by Crippen LogP contribution is -2.37. The lowest BCUT2D eigenvalue weighted by atomic mass is 9.95. The Labute approximate surface area is 91.2 Å². The second-order valence-corrected chi connectivity index (χ2v) is 4.51. The fraction of sp³-hybridized carbons (Fsp3) is 0.909. The Bertz CT molecular complexity index is 218. The van der Waals surface area contributed by atoms with E-state index < -0.39 is 0 Å². The van der Waals surface area contributed by atoms with Gasteiger partial charge in [0.1, 0.15) is 5.84 Å². The standard InChI is InChI=1S/C11H21N3O/c12-14-11(9-6-7-15-8-9)13-10-4-2-1-3-5-10/h9-10H,1-8,12H2,(H,13,14). The third-order valence-corrected chi connectivity index (χ3v) is 3.36. The number of nitrogens with one attached hydrogen (secondary N) is 1. The summed E-state index contributed by atoms with van der Waals surface area (Å²) < 4.78 is 5.35. The van der Waals surface area contributed by atoms with Crippen molar-refractivity contribution >= 4 is 5.84 Å². The summed E-state index contributed by atoms with van der Waals surface area (Å²) in [7, 11) is 0. The highest BCUT2D eigenvalue weighted by molar-refractivity contribution is 5.84. The number of ether oxygens (including phenoxy) is 1. The van der Waals surface area contributed by atoms with E-state index in [9.17, 15) is 0 Å². The van der Waals surface area contributed by atoms with Crippen LogP contribution in [0.4, 0.5) is 0 Å². The van der Waals surface area contributed by atoms with E-state index in [1.165, 1.54) is 32.1 Å². The van der Waals surface area contributed by atoms with Gasteiger partial charge in [0.05, 0.1) is 12.6 Å². The molecule has 1 heterocycles. The Hall–Kier alpha value is -0.610. The Kier molecular flexibility index (Phi) is 3.97. The summed E-state index contributed by atoms with van der Waals surface area (Å²) in [4.78, 5) is 4.74. The van der Waals surface area contributed by atoms with Gasteiger partial charge in [-0.3, -0.25) is 4.99 Å². The van der Waals surface area contributed by atoms with Crippen LogP contribution in [0.5, 0.6) is 0 Å². The lowest BCUT2D eigenvalue weighted by molar-refractivity contribution is 0.192. The first kappa shape index (κ1) is 10.9. The molecule has 1 aliphatic carbocycles. The van der Waals surface area contributed by atoms with E-state index in [0.29, 0.717) is 12.0 Å². The van der Waals surface area contributed by atoms with E-state index in [1.54, 1.807) is 0 Å². The maximum Gasteiger partial charge on any atom is 0.116 e. The molecule has 1 saturated carbocycles. The van der Waals surface area contributed by atoms with Crippen molar-refractivity contribution in [1.29, 1.82) is 0 Å². The molecule has 0 spiro atoms. The van der Waals surface area contributed by atoms with Crippen molar-refractivity contribution in [1.82, 2.24) is 5.43 Å². The zero-order valence-corrected chi connectivity index (χ0v) is 9.24. The van der Waals surface area contributed by atoms with Crippen LogP contribution in [0.15, 0.2) is 4.99 Å². The van der Waals surface area contributed by atoms with Gasteiger partial charge in [0.25, 0.3) is 0 Å². The Morgan fingerprint density at radius 1 is 1.20 bits per heavy atom. The molecular formula is C11H21N3O. The molecule has 0 amide bonds. The van der Waals surface area contributed by atoms with Crippen LogP contribution in [0.2, 0.25) is 0 Å². The zero-order chi connectivity index (χ0) is 10.5. The molecule has 0 bridgehead atoms. The van der Waals surface area contributed by atoms with Gasteiger partial charge in [-0.05, 0) is 19.3 Å². The quantitative estimate of drug-likeness (QED) is 0.312. The van der Waals surface area contributed by atoms with Crippen molar-refractivity contribution in [3.63, 3.8) is 0 Å². The predicted molar refractivity (Wildman–Crippen MR) is 60.6 cm³/mol. The van der Waals surface area contributed by atoms with Crippen molar-refractivity contribution < 1.29 is 4.74 Å². The molecule has 0 aromatic carbocycles. The number of hydrogen-bond acceptors (Lipinski definition) is 3. The molecule has 3 N–H and O–H groups in total. The molecule has 4 heteroatoms. The molecule has 1 aliphatic heterocycles. The molecule has 1 atom stereocenters. The van der Waals surface area contributed by atoms with Gasteiger partial charge < -0.3 is 10.2 Å². The lowest BCUT2D eigenvalue weighted by Gasteiger charge is -2.20. The average Bonchev–Trinajstić information content (AvgIpc) is 2.81.